The number of amides is 2. The van der Waals surface area contributed by atoms with Gasteiger partial charge in [-0.15, -0.1) is 0 Å². The molecule has 0 spiro atoms. The quantitative estimate of drug-likeness (QED) is 0.295. The van der Waals surface area contributed by atoms with Gasteiger partial charge in [0.05, 0.1) is 35.3 Å². The van der Waals surface area contributed by atoms with Gasteiger partial charge >= 0.3 is 6.03 Å². The van der Waals surface area contributed by atoms with Gasteiger partial charge in [-0.2, -0.15) is 5.10 Å². The van der Waals surface area contributed by atoms with Crippen LogP contribution in [0.1, 0.15) is 35.5 Å². The summed E-state index contributed by atoms with van der Waals surface area (Å²) < 4.78 is 32.4. The lowest BCUT2D eigenvalue weighted by Gasteiger charge is -2.31. The Kier molecular flexibility index (Phi) is 5.99. The number of carbonyl (C=O) groups is 1. The van der Waals surface area contributed by atoms with Crippen molar-refractivity contribution < 1.29 is 13.6 Å². The Bertz CT molecular complexity index is 1610. The maximum absolute atomic E-state index is 14.5. The summed E-state index contributed by atoms with van der Waals surface area (Å²) in [7, 11) is 0. The number of benzene rings is 3. The second-order valence-corrected chi connectivity index (χ2v) is 9.14. The largest absolute Gasteiger partial charge is 0.323 e. The summed E-state index contributed by atoms with van der Waals surface area (Å²) in [5, 5.41) is 7.68. The highest BCUT2D eigenvalue weighted by atomic mass is 19.1. The molecule has 6 nitrogen and oxygen atoms in total. The average Bonchev–Trinajstić information content (AvgIpc) is 3.52. The number of fused-ring (bicyclic) bond motifs is 3. The molecule has 1 aliphatic rings. The Morgan fingerprint density at radius 1 is 0.947 bits per heavy atom. The summed E-state index contributed by atoms with van der Waals surface area (Å²) >= 11 is 0. The van der Waals surface area contributed by atoms with Gasteiger partial charge in [0.25, 0.3) is 0 Å². The van der Waals surface area contributed by atoms with Crippen LogP contribution in [0.4, 0.5) is 19.3 Å². The van der Waals surface area contributed by atoms with Crippen molar-refractivity contribution in [3.05, 3.63) is 131 Å². The van der Waals surface area contributed by atoms with Gasteiger partial charge in [-0.1, -0.05) is 49.4 Å². The van der Waals surface area contributed by atoms with E-state index in [1.807, 2.05) is 64.8 Å². The first-order chi connectivity index (χ1) is 18.5. The molecule has 5 aromatic rings. The Labute approximate surface area is 218 Å². The molecular formula is C30H25F2N5O. The molecule has 3 aromatic carbocycles. The minimum atomic E-state index is -0.571. The van der Waals surface area contributed by atoms with E-state index in [2.05, 4.69) is 5.32 Å². The van der Waals surface area contributed by atoms with Crippen LogP contribution in [0.25, 0.3) is 11.5 Å². The van der Waals surface area contributed by atoms with Crippen LogP contribution in [-0.2, 0) is 13.0 Å². The maximum Gasteiger partial charge on any atom is 0.323 e. The Hall–Kier alpha value is -4.72. The van der Waals surface area contributed by atoms with Crippen molar-refractivity contribution in [2.24, 2.45) is 0 Å². The number of aromatic nitrogens is 3. The van der Waals surface area contributed by atoms with Gasteiger partial charge in [-0.05, 0) is 60.5 Å². The van der Waals surface area contributed by atoms with Crippen molar-refractivity contribution in [1.29, 1.82) is 0 Å². The average molecular weight is 510 g/mol. The summed E-state index contributed by atoms with van der Waals surface area (Å²) in [4.78, 5) is 15.5. The van der Waals surface area contributed by atoms with Crippen molar-refractivity contribution in [3.8, 4) is 11.5 Å². The minimum Gasteiger partial charge on any atom is -0.307 e. The molecule has 0 unspecified atom stereocenters. The zero-order valence-electron chi connectivity index (χ0n) is 20.7. The number of hydrogen-bond acceptors (Lipinski definition) is 2. The van der Waals surface area contributed by atoms with E-state index in [4.69, 9.17) is 5.10 Å². The Morgan fingerprint density at radius 2 is 1.68 bits per heavy atom. The van der Waals surface area contributed by atoms with E-state index in [0.29, 0.717) is 6.42 Å². The second-order valence-electron chi connectivity index (χ2n) is 9.14. The molecule has 0 fully saturated rings. The normalized spacial score (nSPS) is 14.5. The SMILES string of the molecule is CCc1nn(-c2ccccc2)c2c1CN(C(=O)Nc1ccccc1F)[C@H](c1ccc(F)cc1)c1cccn1-2. The van der Waals surface area contributed by atoms with Crippen LogP contribution >= 0.6 is 0 Å². The summed E-state index contributed by atoms with van der Waals surface area (Å²) in [6.07, 6.45) is 2.60. The van der Waals surface area contributed by atoms with Crippen LogP contribution in [0.5, 0.6) is 0 Å². The van der Waals surface area contributed by atoms with E-state index in [9.17, 15) is 13.6 Å². The van der Waals surface area contributed by atoms with Gasteiger partial charge in [0.15, 0.2) is 0 Å². The molecule has 2 aromatic heterocycles. The standard InChI is InChI=1S/C30H25F2N5O/c1-2-25-23-19-36(30(38)33-26-12-7-6-11-24(26)32)28(20-14-16-21(31)17-15-20)27-13-8-18-35(27)29(23)37(34-25)22-9-4-3-5-10-22/h3-18,28H,2,19H2,1H3,(H,33,38)/t28-/m1/s1. The van der Waals surface area contributed by atoms with E-state index in [1.54, 1.807) is 29.2 Å². The third-order valence-corrected chi connectivity index (χ3v) is 6.87. The van der Waals surface area contributed by atoms with Gasteiger partial charge < -0.3 is 14.8 Å². The first-order valence-corrected chi connectivity index (χ1v) is 12.5. The number of urea groups is 1. The minimum absolute atomic E-state index is 0.0888. The molecule has 190 valence electrons. The predicted molar refractivity (Wildman–Crippen MR) is 141 cm³/mol. The summed E-state index contributed by atoms with van der Waals surface area (Å²) in [6, 6.07) is 24.9. The Balaban J connectivity index is 1.56. The van der Waals surface area contributed by atoms with Crippen molar-refractivity contribution >= 4 is 11.7 Å². The van der Waals surface area contributed by atoms with Crippen LogP contribution in [0.15, 0.2) is 97.2 Å². The van der Waals surface area contributed by atoms with E-state index < -0.39 is 17.9 Å². The lowest BCUT2D eigenvalue weighted by molar-refractivity contribution is 0.194. The van der Waals surface area contributed by atoms with Crippen molar-refractivity contribution in [3.63, 3.8) is 0 Å². The molecule has 6 rings (SSSR count). The van der Waals surface area contributed by atoms with Crippen molar-refractivity contribution in [1.82, 2.24) is 19.2 Å². The molecule has 3 heterocycles. The van der Waals surface area contributed by atoms with Gasteiger partial charge in [0, 0.05) is 11.8 Å². The van der Waals surface area contributed by atoms with Gasteiger partial charge in [0.1, 0.15) is 17.5 Å². The second kappa shape index (κ2) is 9.63. The lowest BCUT2D eigenvalue weighted by atomic mass is 10.0. The highest BCUT2D eigenvalue weighted by Crippen LogP contribution is 2.39. The van der Waals surface area contributed by atoms with Gasteiger partial charge in [-0.3, -0.25) is 0 Å². The summed E-state index contributed by atoms with van der Waals surface area (Å²) in [5.74, 6) is -0.0537. The molecule has 0 saturated heterocycles. The summed E-state index contributed by atoms with van der Waals surface area (Å²) in [6.45, 7) is 2.25. The van der Waals surface area contributed by atoms with Crippen molar-refractivity contribution in [2.45, 2.75) is 25.9 Å². The number of aryl methyl sites for hydroxylation is 1. The van der Waals surface area contributed by atoms with E-state index in [-0.39, 0.29) is 18.0 Å². The van der Waals surface area contributed by atoms with Crippen LogP contribution in [-0.4, -0.2) is 25.3 Å². The molecule has 1 aliphatic heterocycles. The van der Waals surface area contributed by atoms with Crippen molar-refractivity contribution in [2.75, 3.05) is 5.32 Å². The van der Waals surface area contributed by atoms with E-state index >= 15 is 0 Å². The number of hydrogen-bond donors (Lipinski definition) is 1. The zero-order chi connectivity index (χ0) is 26.2. The molecule has 0 radical (unpaired) electrons. The molecule has 0 aliphatic carbocycles. The topological polar surface area (TPSA) is 55.1 Å². The number of rotatable bonds is 4. The fourth-order valence-corrected chi connectivity index (χ4v) is 5.09. The number of anilines is 1. The molecular weight excluding hydrogens is 484 g/mol. The number of nitrogens with one attached hydrogen (secondary N) is 1. The highest BCUT2D eigenvalue weighted by molar-refractivity contribution is 5.90. The van der Waals surface area contributed by atoms with E-state index in [1.165, 1.54) is 24.3 Å². The molecule has 8 heteroatoms. The molecule has 1 atom stereocenters. The highest BCUT2D eigenvalue weighted by Gasteiger charge is 2.36. The monoisotopic (exact) mass is 509 g/mol. The van der Waals surface area contributed by atoms with Crippen LogP contribution in [0.2, 0.25) is 0 Å². The number of carbonyl (C=O) groups excluding carboxylic acids is 1. The van der Waals surface area contributed by atoms with Crippen LogP contribution in [0, 0.1) is 11.6 Å². The fraction of sp³-hybridized carbons (Fsp3) is 0.133. The van der Waals surface area contributed by atoms with Gasteiger partial charge in [-0.25, -0.2) is 18.3 Å². The molecule has 2 amide bonds. The lowest BCUT2D eigenvalue weighted by Crippen LogP contribution is -2.38. The number of nitrogens with zero attached hydrogens (tertiary/aromatic N) is 4. The first-order valence-electron chi connectivity index (χ1n) is 12.5. The number of halogens is 2. The molecule has 1 N–H and O–H groups in total. The van der Waals surface area contributed by atoms with E-state index in [0.717, 1.165) is 34.0 Å². The third kappa shape index (κ3) is 4.04. The molecule has 0 saturated carbocycles. The summed E-state index contributed by atoms with van der Waals surface area (Å²) in [5.41, 5.74) is 4.27. The molecule has 0 bridgehead atoms. The zero-order valence-corrected chi connectivity index (χ0v) is 20.7. The smallest absolute Gasteiger partial charge is 0.307 e. The number of para-hydroxylation sites is 2. The Morgan fingerprint density at radius 3 is 2.42 bits per heavy atom. The molecule has 38 heavy (non-hydrogen) atoms. The van der Waals surface area contributed by atoms with Gasteiger partial charge in [0.2, 0.25) is 0 Å². The maximum atomic E-state index is 14.5. The first kappa shape index (κ1) is 23.7. The third-order valence-electron chi connectivity index (χ3n) is 6.87. The fourth-order valence-electron chi connectivity index (χ4n) is 5.09. The predicted octanol–water partition coefficient (Wildman–Crippen LogP) is 6.64. The van der Waals surface area contributed by atoms with Crippen LogP contribution in [0.3, 0.4) is 0 Å². The van der Waals surface area contributed by atoms with Crippen LogP contribution < -0.4 is 5.32 Å².